The van der Waals surface area contributed by atoms with E-state index in [1.807, 2.05) is 76.5 Å². The maximum absolute atomic E-state index is 15.0. The van der Waals surface area contributed by atoms with Gasteiger partial charge in [-0.15, -0.1) is 0 Å². The van der Waals surface area contributed by atoms with Crippen LogP contribution in [0.4, 0.5) is 5.69 Å². The molecule has 0 aromatic heterocycles. The van der Waals surface area contributed by atoms with E-state index in [-0.39, 0.29) is 42.7 Å². The second-order valence-electron chi connectivity index (χ2n) is 14.2. The van der Waals surface area contributed by atoms with Crippen LogP contribution in [0.1, 0.15) is 55.0 Å². The monoisotopic (exact) mass is 770 g/mol. The Morgan fingerprint density at radius 3 is 2.39 bits per heavy atom. The zero-order chi connectivity index (χ0) is 34.5. The summed E-state index contributed by atoms with van der Waals surface area (Å²) < 4.78 is 13.7. The number of aliphatic hydroxyl groups is 1. The predicted molar refractivity (Wildman–Crippen MR) is 198 cm³/mol. The number of aliphatic hydroxyl groups excluding tert-OH is 1. The Kier molecular flexibility index (Phi) is 9.09. The quantitative estimate of drug-likeness (QED) is 0.195. The highest BCUT2D eigenvalue weighted by atomic mass is 127. The third kappa shape index (κ3) is 5.75. The van der Waals surface area contributed by atoms with Gasteiger partial charge in [-0.1, -0.05) is 87.5 Å². The summed E-state index contributed by atoms with van der Waals surface area (Å²) in [6.45, 7) is 7.26. The van der Waals surface area contributed by atoms with Gasteiger partial charge in [-0.2, -0.15) is 0 Å². The van der Waals surface area contributed by atoms with Gasteiger partial charge >= 0.3 is 0 Å². The van der Waals surface area contributed by atoms with Crippen LogP contribution in [0.25, 0.3) is 0 Å². The lowest BCUT2D eigenvalue weighted by atomic mass is 9.63. The van der Waals surface area contributed by atoms with Crippen molar-refractivity contribution in [2.24, 2.45) is 11.8 Å². The first kappa shape index (κ1) is 33.8. The van der Waals surface area contributed by atoms with Crippen molar-refractivity contribution in [3.63, 3.8) is 0 Å². The Morgan fingerprint density at radius 1 is 1.00 bits per heavy atom. The number of carbonyl (C=O) groups is 2. The summed E-state index contributed by atoms with van der Waals surface area (Å²) in [4.78, 5) is 33.1. The Balaban J connectivity index is 1.30. The van der Waals surface area contributed by atoms with Crippen LogP contribution in [-0.4, -0.2) is 47.7 Å². The number of rotatable bonds is 8. The number of hydrogen-bond donors (Lipinski definition) is 1. The van der Waals surface area contributed by atoms with Crippen LogP contribution < -0.4 is 9.64 Å². The molecule has 7 nitrogen and oxygen atoms in total. The minimum absolute atomic E-state index is 0.0761. The van der Waals surface area contributed by atoms with Crippen LogP contribution in [0.2, 0.25) is 0 Å². The van der Waals surface area contributed by atoms with Gasteiger partial charge in [-0.05, 0) is 87.0 Å². The molecular formula is C41H43IN2O5. The molecule has 7 rings (SSSR count). The number of fused-ring (bicyclic) bond motifs is 3. The molecule has 1 fully saturated rings. The largest absolute Gasteiger partial charge is 0.497 e. The first-order valence-electron chi connectivity index (χ1n) is 17.0. The maximum Gasteiger partial charge on any atom is 0.264 e. The molecule has 49 heavy (non-hydrogen) atoms. The number of halogens is 1. The van der Waals surface area contributed by atoms with Crippen LogP contribution in [0.3, 0.4) is 0 Å². The molecule has 254 valence electrons. The van der Waals surface area contributed by atoms with E-state index in [1.54, 1.807) is 7.11 Å². The van der Waals surface area contributed by atoms with Gasteiger partial charge in [-0.3, -0.25) is 9.59 Å². The molecule has 2 amide bonds. The van der Waals surface area contributed by atoms with Crippen LogP contribution in [0.5, 0.6) is 5.75 Å². The number of methoxy groups -OCH3 is 1. The number of carbonyl (C=O) groups excluding carboxylic acids is 2. The Morgan fingerprint density at radius 2 is 1.69 bits per heavy atom. The number of nitrogens with zero attached hydrogens (tertiary/aromatic N) is 2. The third-order valence-electron chi connectivity index (χ3n) is 11.2. The molecule has 0 bridgehead atoms. The number of ether oxygens (including phenoxy) is 2. The summed E-state index contributed by atoms with van der Waals surface area (Å²) in [5.74, 6) is 0.119. The fourth-order valence-electron chi connectivity index (χ4n) is 8.74. The zero-order valence-corrected chi connectivity index (χ0v) is 30.6. The van der Waals surface area contributed by atoms with Gasteiger partial charge in [0.1, 0.15) is 5.75 Å². The average Bonchev–Trinajstić information content (AvgIpc) is 3.53. The van der Waals surface area contributed by atoms with Gasteiger partial charge in [0.05, 0.1) is 44.5 Å². The van der Waals surface area contributed by atoms with Crippen LogP contribution in [-0.2, 0) is 44.9 Å². The molecular weight excluding hydrogens is 727 g/mol. The summed E-state index contributed by atoms with van der Waals surface area (Å²) in [5.41, 5.74) is 4.33. The first-order valence-corrected chi connectivity index (χ1v) is 18.1. The second-order valence-corrected chi connectivity index (χ2v) is 15.5. The van der Waals surface area contributed by atoms with Crippen molar-refractivity contribution in [1.82, 2.24) is 4.90 Å². The van der Waals surface area contributed by atoms with Crippen LogP contribution in [0, 0.1) is 15.4 Å². The van der Waals surface area contributed by atoms with E-state index < -0.39 is 17.1 Å². The molecule has 0 radical (unpaired) electrons. The van der Waals surface area contributed by atoms with E-state index in [9.17, 15) is 9.90 Å². The topological polar surface area (TPSA) is 79.3 Å². The lowest BCUT2D eigenvalue weighted by Crippen LogP contribution is -2.48. The van der Waals surface area contributed by atoms with Crippen LogP contribution >= 0.6 is 22.6 Å². The number of hydrogen-bond acceptors (Lipinski definition) is 5. The van der Waals surface area contributed by atoms with E-state index in [1.165, 1.54) is 0 Å². The van der Waals surface area contributed by atoms with Gasteiger partial charge in [0.2, 0.25) is 5.91 Å². The van der Waals surface area contributed by atoms with E-state index in [0.717, 1.165) is 42.8 Å². The van der Waals surface area contributed by atoms with Crippen molar-refractivity contribution in [2.75, 3.05) is 18.6 Å². The van der Waals surface area contributed by atoms with Gasteiger partial charge in [0, 0.05) is 27.5 Å². The van der Waals surface area contributed by atoms with Crippen LogP contribution in [0.15, 0.2) is 97.1 Å². The van der Waals surface area contributed by atoms with E-state index in [2.05, 4.69) is 73.7 Å². The molecule has 3 aliphatic rings. The van der Waals surface area contributed by atoms with Crippen molar-refractivity contribution < 1.29 is 24.2 Å². The van der Waals surface area contributed by atoms with Crippen molar-refractivity contribution in [1.29, 1.82) is 0 Å². The highest BCUT2D eigenvalue weighted by molar-refractivity contribution is 14.1. The molecule has 0 aliphatic carbocycles. The molecule has 5 atom stereocenters. The highest BCUT2D eigenvalue weighted by Crippen LogP contribution is 2.60. The molecule has 3 heterocycles. The molecule has 0 unspecified atom stereocenters. The molecule has 8 heteroatoms. The van der Waals surface area contributed by atoms with Crippen molar-refractivity contribution in [3.8, 4) is 5.75 Å². The summed E-state index contributed by atoms with van der Waals surface area (Å²) in [6, 6.07) is 32.1. The standard InChI is InChI=1S/C41H43IN2O5/c1-26-38(40(2,3)30-14-17-33(48-4)18-15-30)36(22-37(46)43-24-29-13-9-8-12-28(29)20-32(43)25-45)49-41(26)34-21-31(42)16-19-35(34)44(39(41)47)23-27-10-6-5-7-11-27/h5-19,21,26,32,36,38,45H,20,22-25H2,1-4H3/t26-,32-,36+,38-,41+/m0/s1. The fraction of sp³-hybridized carbons (Fsp3) is 0.366. The lowest BCUT2D eigenvalue weighted by molar-refractivity contribution is -0.151. The Labute approximate surface area is 302 Å². The number of amides is 2. The van der Waals surface area contributed by atoms with Crippen molar-refractivity contribution >= 4 is 40.1 Å². The van der Waals surface area contributed by atoms with E-state index in [0.29, 0.717) is 19.5 Å². The number of anilines is 1. The van der Waals surface area contributed by atoms with Gasteiger partial charge in [0.25, 0.3) is 5.91 Å². The van der Waals surface area contributed by atoms with Crippen molar-refractivity contribution in [2.45, 2.75) is 69.9 Å². The lowest BCUT2D eigenvalue weighted by Gasteiger charge is -2.40. The summed E-state index contributed by atoms with van der Waals surface area (Å²) >= 11 is 2.30. The molecule has 4 aromatic rings. The maximum atomic E-state index is 15.0. The molecule has 1 N–H and O–H groups in total. The minimum Gasteiger partial charge on any atom is -0.497 e. The van der Waals surface area contributed by atoms with Crippen molar-refractivity contribution in [3.05, 3.63) is 128 Å². The fourth-order valence-corrected chi connectivity index (χ4v) is 9.23. The summed E-state index contributed by atoms with van der Waals surface area (Å²) in [6.07, 6.45) is 0.131. The number of benzene rings is 4. The molecule has 1 saturated heterocycles. The zero-order valence-electron chi connectivity index (χ0n) is 28.4. The normalized spacial score (nSPS) is 24.7. The molecule has 4 aromatic carbocycles. The highest BCUT2D eigenvalue weighted by Gasteiger charge is 2.66. The third-order valence-corrected chi connectivity index (χ3v) is 11.9. The summed E-state index contributed by atoms with van der Waals surface area (Å²) in [5, 5.41) is 10.4. The molecule has 1 spiro atoms. The Hall–Kier alpha value is -3.73. The minimum atomic E-state index is -1.27. The van der Waals surface area contributed by atoms with Gasteiger partial charge in [0.15, 0.2) is 5.60 Å². The summed E-state index contributed by atoms with van der Waals surface area (Å²) in [7, 11) is 1.66. The molecule has 0 saturated carbocycles. The Bertz CT molecular complexity index is 1860. The predicted octanol–water partition coefficient (Wildman–Crippen LogP) is 7.01. The SMILES string of the molecule is COc1ccc(C(C)(C)[C@@H]2[C@@H](CC(=O)N3Cc4ccccc4C[C@H]3CO)O[C@]3(C(=O)N(Cc4ccccc4)c4ccc(I)cc43)[C@H]2C)cc1. The first-order chi connectivity index (χ1) is 23.6. The van der Waals surface area contributed by atoms with E-state index >= 15 is 4.79 Å². The smallest absolute Gasteiger partial charge is 0.264 e. The van der Waals surface area contributed by atoms with Gasteiger partial charge < -0.3 is 24.4 Å². The average molecular weight is 771 g/mol. The second kappa shape index (κ2) is 13.2. The van der Waals surface area contributed by atoms with Gasteiger partial charge in [-0.25, -0.2) is 0 Å². The molecule has 3 aliphatic heterocycles. The van der Waals surface area contributed by atoms with E-state index in [4.69, 9.17) is 9.47 Å².